The van der Waals surface area contributed by atoms with Gasteiger partial charge in [-0.1, -0.05) is 78.5 Å². The molecule has 0 heterocycles. The maximum atomic E-state index is 14.0. The first-order chi connectivity index (χ1) is 19.0. The van der Waals surface area contributed by atoms with E-state index in [4.69, 9.17) is 23.2 Å². The molecule has 7 nitrogen and oxygen atoms in total. The fourth-order valence-electron chi connectivity index (χ4n) is 4.17. The fraction of sp³-hybridized carbons (Fsp3) is 0.333. The van der Waals surface area contributed by atoms with Crippen LogP contribution in [0, 0.1) is 13.8 Å². The number of para-hydroxylation sites is 1. The van der Waals surface area contributed by atoms with Crippen LogP contribution in [0.2, 0.25) is 10.0 Å². The molecule has 3 aromatic rings. The molecule has 10 heteroatoms. The van der Waals surface area contributed by atoms with Crippen LogP contribution in [0.4, 0.5) is 5.69 Å². The highest BCUT2D eigenvalue weighted by atomic mass is 35.5. The summed E-state index contributed by atoms with van der Waals surface area (Å²) in [4.78, 5) is 28.5. The van der Waals surface area contributed by atoms with Crippen molar-refractivity contribution in [1.29, 1.82) is 0 Å². The highest BCUT2D eigenvalue weighted by Gasteiger charge is 2.33. The van der Waals surface area contributed by atoms with Gasteiger partial charge in [0.2, 0.25) is 11.8 Å². The summed E-state index contributed by atoms with van der Waals surface area (Å²) in [7, 11) is -4.14. The van der Waals surface area contributed by atoms with Gasteiger partial charge in [-0.25, -0.2) is 8.42 Å². The number of unbranched alkanes of at least 4 members (excludes halogenated alkanes) is 1. The van der Waals surface area contributed by atoms with Crippen LogP contribution in [0.3, 0.4) is 0 Å². The van der Waals surface area contributed by atoms with Crippen LogP contribution in [0.1, 0.15) is 43.4 Å². The van der Waals surface area contributed by atoms with Crippen LogP contribution in [-0.2, 0) is 26.2 Å². The van der Waals surface area contributed by atoms with E-state index in [0.717, 1.165) is 22.7 Å². The van der Waals surface area contributed by atoms with Gasteiger partial charge in [0, 0.05) is 28.7 Å². The molecule has 1 unspecified atom stereocenters. The van der Waals surface area contributed by atoms with Crippen molar-refractivity contribution in [1.82, 2.24) is 10.2 Å². The molecule has 3 aromatic carbocycles. The lowest BCUT2D eigenvalue weighted by Gasteiger charge is -2.32. The maximum absolute atomic E-state index is 14.0. The van der Waals surface area contributed by atoms with Gasteiger partial charge in [0.05, 0.1) is 10.6 Å². The minimum atomic E-state index is -4.14. The lowest BCUT2D eigenvalue weighted by molar-refractivity contribution is -0.139. The first-order valence-electron chi connectivity index (χ1n) is 13.1. The Kier molecular flexibility index (Phi) is 11.0. The summed E-state index contributed by atoms with van der Waals surface area (Å²) in [5.41, 5.74) is 2.42. The molecular formula is C30H35Cl2N3O4S. The third-order valence-electron chi connectivity index (χ3n) is 6.66. The van der Waals surface area contributed by atoms with Crippen molar-refractivity contribution in [2.45, 2.75) is 58.0 Å². The minimum Gasteiger partial charge on any atom is -0.354 e. The Morgan fingerprint density at radius 3 is 2.15 bits per heavy atom. The minimum absolute atomic E-state index is 0.0557. The third-order valence-corrected chi connectivity index (χ3v) is 9.14. The van der Waals surface area contributed by atoms with Crippen LogP contribution in [0.5, 0.6) is 0 Å². The van der Waals surface area contributed by atoms with Crippen LogP contribution in [0.25, 0.3) is 0 Å². The number of hydrogen-bond donors (Lipinski definition) is 1. The van der Waals surface area contributed by atoms with Gasteiger partial charge in [-0.2, -0.15) is 0 Å². The van der Waals surface area contributed by atoms with Gasteiger partial charge in [-0.05, 0) is 63.1 Å². The molecule has 1 N–H and O–H groups in total. The largest absolute Gasteiger partial charge is 0.354 e. The number of halogens is 2. The van der Waals surface area contributed by atoms with Crippen molar-refractivity contribution in [3.05, 3.63) is 93.5 Å². The quantitative estimate of drug-likeness (QED) is 0.252. The molecule has 3 rings (SSSR count). The lowest BCUT2D eigenvalue weighted by atomic mass is 10.1. The molecule has 0 bridgehead atoms. The monoisotopic (exact) mass is 603 g/mol. The van der Waals surface area contributed by atoms with Crippen molar-refractivity contribution in [3.8, 4) is 0 Å². The Bertz CT molecular complexity index is 1430. The molecule has 0 radical (unpaired) electrons. The van der Waals surface area contributed by atoms with Crippen molar-refractivity contribution in [2.75, 3.05) is 17.4 Å². The molecular weight excluding hydrogens is 569 g/mol. The molecule has 0 aliphatic carbocycles. The molecule has 2 amide bonds. The molecule has 0 aromatic heterocycles. The average Bonchev–Trinajstić information content (AvgIpc) is 2.92. The zero-order chi connectivity index (χ0) is 29.4. The zero-order valence-electron chi connectivity index (χ0n) is 23.2. The summed E-state index contributed by atoms with van der Waals surface area (Å²) in [6, 6.07) is 17.5. The number of nitrogens with one attached hydrogen (secondary N) is 1. The summed E-state index contributed by atoms with van der Waals surface area (Å²) < 4.78 is 29.0. The predicted octanol–water partition coefficient (Wildman–Crippen LogP) is 6.14. The normalized spacial score (nSPS) is 12.1. The second-order valence-corrected chi connectivity index (χ2v) is 12.3. The van der Waals surface area contributed by atoms with E-state index in [1.165, 1.54) is 17.0 Å². The first kappa shape index (κ1) is 31.5. The molecule has 0 aliphatic rings. The van der Waals surface area contributed by atoms with Crippen LogP contribution in [0.15, 0.2) is 71.6 Å². The van der Waals surface area contributed by atoms with Crippen LogP contribution < -0.4 is 9.62 Å². The zero-order valence-corrected chi connectivity index (χ0v) is 25.5. The highest BCUT2D eigenvalue weighted by molar-refractivity contribution is 7.92. The number of nitrogens with zero attached hydrogens (tertiary/aromatic N) is 2. The van der Waals surface area contributed by atoms with Crippen LogP contribution in [-0.4, -0.2) is 44.3 Å². The van der Waals surface area contributed by atoms with Gasteiger partial charge in [0.1, 0.15) is 12.6 Å². The van der Waals surface area contributed by atoms with E-state index in [9.17, 15) is 18.0 Å². The smallest absolute Gasteiger partial charge is 0.264 e. The van der Waals surface area contributed by atoms with E-state index in [-0.39, 0.29) is 17.3 Å². The van der Waals surface area contributed by atoms with E-state index >= 15 is 0 Å². The fourth-order valence-corrected chi connectivity index (χ4v) is 6.16. The number of carbonyl (C=O) groups is 2. The summed E-state index contributed by atoms with van der Waals surface area (Å²) in [6.07, 6.45) is 1.69. The Morgan fingerprint density at radius 2 is 1.55 bits per heavy atom. The molecule has 0 aliphatic heterocycles. The SMILES string of the molecule is CCCCNC(=O)C(C)N(Cc1c(Cl)cccc1Cl)C(=O)CN(c1ccccc1C)S(=O)(=O)c1ccc(C)cc1. The molecule has 0 saturated heterocycles. The highest BCUT2D eigenvalue weighted by Crippen LogP contribution is 2.29. The van der Waals surface area contributed by atoms with Crippen molar-refractivity contribution in [3.63, 3.8) is 0 Å². The summed E-state index contributed by atoms with van der Waals surface area (Å²) in [6.45, 7) is 7.12. The van der Waals surface area contributed by atoms with Gasteiger partial charge < -0.3 is 10.2 Å². The number of hydrogen-bond acceptors (Lipinski definition) is 4. The molecule has 1 atom stereocenters. The average molecular weight is 605 g/mol. The molecule has 214 valence electrons. The van der Waals surface area contributed by atoms with Gasteiger partial charge in [-0.3, -0.25) is 13.9 Å². The van der Waals surface area contributed by atoms with E-state index < -0.39 is 28.5 Å². The Hall–Kier alpha value is -3.07. The van der Waals surface area contributed by atoms with Gasteiger partial charge in [0.15, 0.2) is 0 Å². The summed E-state index contributed by atoms with van der Waals surface area (Å²) in [5, 5.41) is 3.54. The number of benzene rings is 3. The van der Waals surface area contributed by atoms with E-state index in [0.29, 0.717) is 33.4 Å². The number of anilines is 1. The summed E-state index contributed by atoms with van der Waals surface area (Å²) >= 11 is 12.8. The summed E-state index contributed by atoms with van der Waals surface area (Å²) in [5.74, 6) is -0.929. The molecule has 0 spiro atoms. The van der Waals surface area contributed by atoms with Crippen molar-refractivity contribution >= 4 is 50.7 Å². The number of aryl methyl sites for hydroxylation is 2. The Balaban J connectivity index is 2.05. The van der Waals surface area contributed by atoms with E-state index in [1.54, 1.807) is 68.4 Å². The Morgan fingerprint density at radius 1 is 0.925 bits per heavy atom. The van der Waals surface area contributed by atoms with E-state index in [1.807, 2.05) is 13.8 Å². The maximum Gasteiger partial charge on any atom is 0.264 e. The van der Waals surface area contributed by atoms with Crippen LogP contribution >= 0.6 is 23.2 Å². The van der Waals surface area contributed by atoms with E-state index in [2.05, 4.69) is 5.32 Å². The van der Waals surface area contributed by atoms with Gasteiger partial charge >= 0.3 is 0 Å². The molecule has 40 heavy (non-hydrogen) atoms. The number of carbonyl (C=O) groups excluding carboxylic acids is 2. The second-order valence-electron chi connectivity index (χ2n) is 9.65. The topological polar surface area (TPSA) is 86.8 Å². The first-order valence-corrected chi connectivity index (χ1v) is 15.3. The number of amides is 2. The van der Waals surface area contributed by atoms with Gasteiger partial charge in [-0.15, -0.1) is 0 Å². The predicted molar refractivity (Wildman–Crippen MR) is 161 cm³/mol. The second kappa shape index (κ2) is 14.0. The van der Waals surface area contributed by atoms with Crippen molar-refractivity contribution < 1.29 is 18.0 Å². The lowest BCUT2D eigenvalue weighted by Crippen LogP contribution is -2.51. The Labute approximate surface area is 247 Å². The number of rotatable bonds is 12. The van der Waals surface area contributed by atoms with Crippen molar-refractivity contribution in [2.24, 2.45) is 0 Å². The standard InChI is InChI=1S/C30H35Cl2N3O4S/c1-5-6-18-33-30(37)23(4)34(19-25-26(31)11-9-12-27(25)32)29(36)20-35(28-13-8-7-10-22(28)3)40(38,39)24-16-14-21(2)15-17-24/h7-17,23H,5-6,18-20H2,1-4H3,(H,33,37). The van der Waals surface area contributed by atoms with Gasteiger partial charge in [0.25, 0.3) is 10.0 Å². The molecule has 0 saturated carbocycles. The number of sulfonamides is 1. The third kappa shape index (κ3) is 7.56. The molecule has 0 fully saturated rings.